The Kier molecular flexibility index (Phi) is 4.31. The number of aromatic nitrogens is 2. The molecule has 23 heavy (non-hydrogen) atoms. The number of aryl methyl sites for hydroxylation is 1. The van der Waals surface area contributed by atoms with Crippen molar-refractivity contribution in [1.29, 1.82) is 0 Å². The molecule has 1 aliphatic heterocycles. The van der Waals surface area contributed by atoms with Crippen LogP contribution in [-0.2, 0) is 0 Å². The lowest BCUT2D eigenvalue weighted by Crippen LogP contribution is -2.39. The maximum Gasteiger partial charge on any atom is 0.267 e. The lowest BCUT2D eigenvalue weighted by atomic mass is 10.1. The molecule has 1 saturated heterocycles. The maximum atomic E-state index is 14.2. The number of pyridine rings is 1. The van der Waals surface area contributed by atoms with Crippen molar-refractivity contribution in [2.24, 2.45) is 0 Å². The number of nitrogens with zero attached hydrogens (tertiary/aromatic N) is 1. The Balaban J connectivity index is 1.78. The highest BCUT2D eigenvalue weighted by atomic mass is 35.5. The standard InChI is InChI=1S/C16H21ClFN3OS/c1-9-13(17)14(18)11-8-12(21-15(11)19-9)16(22)20-10-4-6-23(2,3)7-5-10/h8,10H,4-7H2,1-3H3,(H,19,21)(H,20,22). The Morgan fingerprint density at radius 2 is 2.09 bits per heavy atom. The monoisotopic (exact) mass is 357 g/mol. The molecule has 0 radical (unpaired) electrons. The van der Waals surface area contributed by atoms with Gasteiger partial charge in [0.05, 0.1) is 16.1 Å². The zero-order valence-corrected chi connectivity index (χ0v) is 15.1. The second kappa shape index (κ2) is 5.98. The fourth-order valence-electron chi connectivity index (χ4n) is 2.89. The van der Waals surface area contributed by atoms with Gasteiger partial charge in [-0.1, -0.05) is 11.6 Å². The van der Waals surface area contributed by atoms with Crippen LogP contribution >= 0.6 is 21.6 Å². The summed E-state index contributed by atoms with van der Waals surface area (Å²) in [6.45, 7) is 1.64. The van der Waals surface area contributed by atoms with Gasteiger partial charge in [-0.3, -0.25) is 4.79 Å². The molecule has 1 amide bonds. The Morgan fingerprint density at radius 3 is 2.74 bits per heavy atom. The van der Waals surface area contributed by atoms with Gasteiger partial charge < -0.3 is 10.3 Å². The molecule has 0 aromatic carbocycles. The Morgan fingerprint density at radius 1 is 1.43 bits per heavy atom. The highest BCUT2D eigenvalue weighted by Crippen LogP contribution is 2.44. The van der Waals surface area contributed by atoms with Gasteiger partial charge in [0.1, 0.15) is 11.3 Å². The molecule has 0 aliphatic carbocycles. The first kappa shape index (κ1) is 16.6. The van der Waals surface area contributed by atoms with Crippen LogP contribution in [0.4, 0.5) is 4.39 Å². The number of amides is 1. The second-order valence-electron chi connectivity index (χ2n) is 6.69. The predicted octanol–water partition coefficient (Wildman–Crippen LogP) is 3.62. The van der Waals surface area contributed by atoms with Crippen LogP contribution in [0.2, 0.25) is 5.02 Å². The first-order valence-electron chi connectivity index (χ1n) is 7.61. The van der Waals surface area contributed by atoms with Gasteiger partial charge >= 0.3 is 0 Å². The summed E-state index contributed by atoms with van der Waals surface area (Å²) in [6.07, 6.45) is 6.68. The molecule has 7 heteroatoms. The maximum absolute atomic E-state index is 14.2. The summed E-state index contributed by atoms with van der Waals surface area (Å²) >= 11 is 5.88. The third kappa shape index (κ3) is 3.33. The van der Waals surface area contributed by atoms with Crippen LogP contribution in [-0.4, -0.2) is 45.9 Å². The minimum absolute atomic E-state index is 0.000875. The number of aromatic amines is 1. The summed E-state index contributed by atoms with van der Waals surface area (Å²) in [4.78, 5) is 19.5. The smallest absolute Gasteiger partial charge is 0.267 e. The van der Waals surface area contributed by atoms with Crippen molar-refractivity contribution in [1.82, 2.24) is 15.3 Å². The zero-order chi connectivity index (χ0) is 16.8. The fraction of sp³-hybridized carbons (Fsp3) is 0.500. The first-order valence-corrected chi connectivity index (χ1v) is 10.8. The van der Waals surface area contributed by atoms with Crippen molar-refractivity contribution in [2.75, 3.05) is 24.0 Å². The number of nitrogens with one attached hydrogen (secondary N) is 2. The van der Waals surface area contributed by atoms with E-state index in [4.69, 9.17) is 11.6 Å². The highest BCUT2D eigenvalue weighted by molar-refractivity contribution is 8.32. The summed E-state index contributed by atoms with van der Waals surface area (Å²) < 4.78 is 14.2. The van der Waals surface area contributed by atoms with Gasteiger partial charge in [0.2, 0.25) is 0 Å². The fourth-order valence-corrected chi connectivity index (χ4v) is 5.09. The van der Waals surface area contributed by atoms with Gasteiger partial charge in [0, 0.05) is 6.04 Å². The van der Waals surface area contributed by atoms with E-state index >= 15 is 0 Å². The van der Waals surface area contributed by atoms with Crippen molar-refractivity contribution < 1.29 is 9.18 Å². The van der Waals surface area contributed by atoms with Gasteiger partial charge in [-0.25, -0.2) is 19.4 Å². The molecule has 3 heterocycles. The van der Waals surface area contributed by atoms with Crippen molar-refractivity contribution in [3.05, 3.63) is 28.3 Å². The summed E-state index contributed by atoms with van der Waals surface area (Å²) in [7, 11) is -0.485. The molecule has 2 aromatic rings. The van der Waals surface area contributed by atoms with Crippen LogP contribution in [0.25, 0.3) is 11.0 Å². The van der Waals surface area contributed by atoms with E-state index in [9.17, 15) is 9.18 Å². The lowest BCUT2D eigenvalue weighted by Gasteiger charge is -2.39. The first-order chi connectivity index (χ1) is 10.8. The Labute approximate surface area is 141 Å². The molecule has 2 N–H and O–H groups in total. The lowest BCUT2D eigenvalue weighted by molar-refractivity contribution is 0.0930. The molecular formula is C16H21ClFN3OS. The van der Waals surface area contributed by atoms with Gasteiger partial charge in [0.15, 0.2) is 5.82 Å². The van der Waals surface area contributed by atoms with Gasteiger partial charge in [-0.05, 0) is 49.8 Å². The molecule has 1 fully saturated rings. The number of fused-ring (bicyclic) bond motifs is 1. The van der Waals surface area contributed by atoms with Crippen LogP contribution in [0, 0.1) is 12.7 Å². The molecule has 0 unspecified atom stereocenters. The zero-order valence-electron chi connectivity index (χ0n) is 13.5. The predicted molar refractivity (Wildman–Crippen MR) is 95.5 cm³/mol. The van der Waals surface area contributed by atoms with Crippen molar-refractivity contribution in [3.8, 4) is 0 Å². The van der Waals surface area contributed by atoms with Crippen LogP contribution in [0.15, 0.2) is 6.07 Å². The number of hydrogen-bond acceptors (Lipinski definition) is 2. The average Bonchev–Trinajstić information content (AvgIpc) is 2.91. The van der Waals surface area contributed by atoms with E-state index in [1.54, 1.807) is 6.92 Å². The van der Waals surface area contributed by atoms with E-state index < -0.39 is 15.8 Å². The van der Waals surface area contributed by atoms with E-state index in [1.807, 2.05) is 0 Å². The normalized spacial score (nSPS) is 19.7. The van der Waals surface area contributed by atoms with Gasteiger partial charge in [-0.2, -0.15) is 0 Å². The number of hydrogen-bond donors (Lipinski definition) is 2. The van der Waals surface area contributed by atoms with Crippen molar-refractivity contribution in [3.63, 3.8) is 0 Å². The van der Waals surface area contributed by atoms with E-state index in [0.717, 1.165) is 12.8 Å². The number of carbonyl (C=O) groups is 1. The summed E-state index contributed by atoms with van der Waals surface area (Å²) in [5, 5.41) is 3.29. The number of carbonyl (C=O) groups excluding carboxylic acids is 1. The topological polar surface area (TPSA) is 57.8 Å². The SMILES string of the molecule is Cc1nc2[nH]c(C(=O)NC3CCS(C)(C)CC3)cc2c(F)c1Cl. The molecule has 0 bridgehead atoms. The third-order valence-electron chi connectivity index (χ3n) is 4.44. The highest BCUT2D eigenvalue weighted by Gasteiger charge is 2.25. The number of H-pyrrole nitrogens is 1. The molecule has 0 saturated carbocycles. The van der Waals surface area contributed by atoms with Crippen LogP contribution in [0.3, 0.4) is 0 Å². The molecule has 0 spiro atoms. The summed E-state index contributed by atoms with van der Waals surface area (Å²) in [6, 6.07) is 1.67. The molecular weight excluding hydrogens is 337 g/mol. The van der Waals surface area contributed by atoms with Gasteiger partial charge in [0.25, 0.3) is 5.91 Å². The molecule has 4 nitrogen and oxygen atoms in total. The Hall–Kier alpha value is -1.27. The molecule has 0 atom stereocenters. The molecule has 1 aliphatic rings. The van der Waals surface area contributed by atoms with E-state index in [-0.39, 0.29) is 22.4 Å². The minimum atomic E-state index is -0.535. The van der Waals surface area contributed by atoms with Crippen molar-refractivity contribution in [2.45, 2.75) is 25.8 Å². The van der Waals surface area contributed by atoms with E-state index in [2.05, 4.69) is 27.8 Å². The van der Waals surface area contributed by atoms with Crippen LogP contribution in [0.1, 0.15) is 29.0 Å². The summed E-state index contributed by atoms with van der Waals surface area (Å²) in [5.41, 5.74) is 1.08. The molecule has 2 aromatic heterocycles. The minimum Gasteiger partial charge on any atom is -0.348 e. The van der Waals surface area contributed by atoms with E-state index in [0.29, 0.717) is 17.0 Å². The summed E-state index contributed by atoms with van der Waals surface area (Å²) in [5.74, 6) is 1.61. The van der Waals surface area contributed by atoms with Crippen LogP contribution < -0.4 is 5.32 Å². The van der Waals surface area contributed by atoms with Crippen molar-refractivity contribution >= 4 is 38.6 Å². The third-order valence-corrected chi connectivity index (χ3v) is 7.56. The second-order valence-corrected chi connectivity index (χ2v) is 11.4. The largest absolute Gasteiger partial charge is 0.348 e. The van der Waals surface area contributed by atoms with E-state index in [1.165, 1.54) is 17.6 Å². The Bertz CT molecular complexity index is 764. The van der Waals surface area contributed by atoms with Crippen LogP contribution in [0.5, 0.6) is 0 Å². The molecule has 126 valence electrons. The number of rotatable bonds is 2. The van der Waals surface area contributed by atoms with Gasteiger partial charge in [-0.15, -0.1) is 0 Å². The quantitative estimate of drug-likeness (QED) is 0.862. The number of halogens is 2. The average molecular weight is 358 g/mol. The molecule has 3 rings (SSSR count).